The third kappa shape index (κ3) is 6.13. The monoisotopic (exact) mass is 470 g/mol. The van der Waals surface area contributed by atoms with Crippen LogP contribution in [0.25, 0.3) is 0 Å². The number of morpholine rings is 1. The van der Waals surface area contributed by atoms with E-state index in [1.165, 1.54) is 28.0 Å². The van der Waals surface area contributed by atoms with Crippen LogP contribution in [-0.2, 0) is 14.3 Å². The average Bonchev–Trinajstić information content (AvgIpc) is 3.27. The second kappa shape index (κ2) is 11.2. The van der Waals surface area contributed by atoms with Gasteiger partial charge < -0.3 is 9.64 Å². The second-order valence-electron chi connectivity index (χ2n) is 7.15. The highest BCUT2D eigenvalue weighted by atomic mass is 32.2. The SMILES string of the molecule is O=C(C[NH+]1CCOCC1)Nc1nnc(SCC(=O)N(c2ccccc2)c2ccccc2)s1. The van der Waals surface area contributed by atoms with Crippen molar-refractivity contribution < 1.29 is 19.2 Å². The molecule has 1 aromatic heterocycles. The van der Waals surface area contributed by atoms with Gasteiger partial charge >= 0.3 is 0 Å². The number of benzene rings is 2. The molecule has 0 unspecified atom stereocenters. The summed E-state index contributed by atoms with van der Waals surface area (Å²) in [7, 11) is 0. The van der Waals surface area contributed by atoms with E-state index in [0.29, 0.717) is 29.2 Å². The van der Waals surface area contributed by atoms with Gasteiger partial charge in [0.05, 0.1) is 19.0 Å². The van der Waals surface area contributed by atoms with E-state index in [-0.39, 0.29) is 17.6 Å². The molecule has 1 fully saturated rings. The van der Waals surface area contributed by atoms with Crippen molar-refractivity contribution >= 4 is 51.4 Å². The van der Waals surface area contributed by atoms with Gasteiger partial charge in [0.25, 0.3) is 5.91 Å². The van der Waals surface area contributed by atoms with Crippen molar-refractivity contribution in [3.63, 3.8) is 0 Å². The van der Waals surface area contributed by atoms with Gasteiger partial charge in [-0.3, -0.25) is 19.8 Å². The minimum absolute atomic E-state index is 0.0656. The lowest BCUT2D eigenvalue weighted by molar-refractivity contribution is -0.899. The Bertz CT molecular complexity index is 987. The first-order valence-electron chi connectivity index (χ1n) is 10.3. The predicted octanol–water partition coefficient (Wildman–Crippen LogP) is 1.85. The van der Waals surface area contributed by atoms with Crippen LogP contribution in [0.5, 0.6) is 0 Å². The Morgan fingerprint density at radius 3 is 2.25 bits per heavy atom. The number of carbonyl (C=O) groups excluding carboxylic acids is 2. The van der Waals surface area contributed by atoms with Crippen molar-refractivity contribution in [2.75, 3.05) is 48.8 Å². The highest BCUT2D eigenvalue weighted by Crippen LogP contribution is 2.29. The van der Waals surface area contributed by atoms with Crippen molar-refractivity contribution in [3.8, 4) is 0 Å². The number of anilines is 3. The molecule has 2 amide bonds. The van der Waals surface area contributed by atoms with Gasteiger partial charge in [-0.1, -0.05) is 59.5 Å². The van der Waals surface area contributed by atoms with E-state index in [1.54, 1.807) is 4.90 Å². The minimum atomic E-state index is -0.0926. The first kappa shape index (κ1) is 22.4. The number of thioether (sulfide) groups is 1. The third-order valence-electron chi connectivity index (χ3n) is 4.86. The zero-order valence-corrected chi connectivity index (χ0v) is 19.0. The van der Waals surface area contributed by atoms with Crippen LogP contribution in [-0.4, -0.2) is 60.6 Å². The van der Waals surface area contributed by atoms with Crippen LogP contribution in [0.2, 0.25) is 0 Å². The number of para-hydroxylation sites is 2. The van der Waals surface area contributed by atoms with Crippen LogP contribution in [0.3, 0.4) is 0 Å². The van der Waals surface area contributed by atoms with Gasteiger partial charge in [0, 0.05) is 11.4 Å². The molecule has 1 aliphatic heterocycles. The summed E-state index contributed by atoms with van der Waals surface area (Å²) in [5.74, 6) is 0.0405. The Labute approximate surface area is 194 Å². The fourth-order valence-electron chi connectivity index (χ4n) is 3.33. The fraction of sp³-hybridized carbons (Fsp3) is 0.273. The molecule has 0 spiro atoms. The number of hydrogen-bond donors (Lipinski definition) is 2. The topological polar surface area (TPSA) is 88.9 Å². The summed E-state index contributed by atoms with van der Waals surface area (Å²) >= 11 is 2.58. The molecule has 32 heavy (non-hydrogen) atoms. The number of ether oxygens (including phenoxy) is 1. The van der Waals surface area contributed by atoms with Gasteiger partial charge in [-0.2, -0.15) is 0 Å². The number of rotatable bonds is 8. The van der Waals surface area contributed by atoms with E-state index in [1.807, 2.05) is 60.7 Å². The number of amides is 2. The second-order valence-corrected chi connectivity index (χ2v) is 9.35. The normalized spacial score (nSPS) is 14.1. The molecule has 8 nitrogen and oxygen atoms in total. The maximum Gasteiger partial charge on any atom is 0.281 e. The van der Waals surface area contributed by atoms with E-state index < -0.39 is 0 Å². The largest absolute Gasteiger partial charge is 0.370 e. The molecule has 2 aromatic carbocycles. The number of quaternary nitrogens is 1. The molecule has 0 saturated carbocycles. The Morgan fingerprint density at radius 2 is 1.62 bits per heavy atom. The van der Waals surface area contributed by atoms with E-state index in [2.05, 4.69) is 15.5 Å². The van der Waals surface area contributed by atoms with Crippen molar-refractivity contribution in [3.05, 3.63) is 60.7 Å². The molecule has 0 radical (unpaired) electrons. The Hall–Kier alpha value is -2.79. The van der Waals surface area contributed by atoms with Crippen molar-refractivity contribution in [1.29, 1.82) is 0 Å². The van der Waals surface area contributed by atoms with Crippen molar-refractivity contribution in [1.82, 2.24) is 10.2 Å². The Balaban J connectivity index is 1.35. The molecule has 2 N–H and O–H groups in total. The summed E-state index contributed by atoms with van der Waals surface area (Å²) in [4.78, 5) is 28.3. The molecule has 4 rings (SSSR count). The molecule has 0 aliphatic carbocycles. The summed E-state index contributed by atoms with van der Waals surface area (Å²) in [5, 5.41) is 11.4. The molecule has 10 heteroatoms. The van der Waals surface area contributed by atoms with Gasteiger partial charge in [-0.15, -0.1) is 10.2 Å². The molecular formula is C22H24N5O3S2+. The highest BCUT2D eigenvalue weighted by Gasteiger charge is 2.21. The van der Waals surface area contributed by atoms with Crippen molar-refractivity contribution in [2.45, 2.75) is 4.34 Å². The minimum Gasteiger partial charge on any atom is -0.370 e. The number of hydrogen-bond acceptors (Lipinski definition) is 7. The number of carbonyl (C=O) groups is 2. The molecule has 0 bridgehead atoms. The van der Waals surface area contributed by atoms with Crippen LogP contribution in [0.4, 0.5) is 16.5 Å². The van der Waals surface area contributed by atoms with Gasteiger partial charge in [-0.05, 0) is 24.3 Å². The number of aromatic nitrogens is 2. The van der Waals surface area contributed by atoms with Crippen LogP contribution in [0, 0.1) is 0 Å². The predicted molar refractivity (Wildman–Crippen MR) is 126 cm³/mol. The van der Waals surface area contributed by atoms with Gasteiger partial charge in [-0.25, -0.2) is 0 Å². The maximum absolute atomic E-state index is 13.1. The van der Waals surface area contributed by atoms with Crippen LogP contribution in [0.1, 0.15) is 0 Å². The Kier molecular flexibility index (Phi) is 7.83. The standard InChI is InChI=1S/C22H23N5O3S2/c28-19(15-26-11-13-30-14-12-26)23-21-24-25-22(32-21)31-16-20(29)27(17-7-3-1-4-8-17)18-9-5-2-6-10-18/h1-10H,11-16H2,(H,23,24,28)/p+1. The number of nitrogens with zero attached hydrogens (tertiary/aromatic N) is 3. The van der Waals surface area contributed by atoms with E-state index in [4.69, 9.17) is 4.74 Å². The number of nitrogens with one attached hydrogen (secondary N) is 2. The zero-order valence-electron chi connectivity index (χ0n) is 17.4. The summed E-state index contributed by atoms with van der Waals surface area (Å²) < 4.78 is 5.95. The van der Waals surface area contributed by atoms with E-state index in [0.717, 1.165) is 24.5 Å². The zero-order chi connectivity index (χ0) is 22.2. The van der Waals surface area contributed by atoms with Gasteiger partial charge in [0.2, 0.25) is 11.0 Å². The van der Waals surface area contributed by atoms with E-state index >= 15 is 0 Å². The van der Waals surface area contributed by atoms with Crippen LogP contribution in [0.15, 0.2) is 65.0 Å². The first-order valence-corrected chi connectivity index (χ1v) is 12.1. The molecule has 3 aromatic rings. The Morgan fingerprint density at radius 1 is 1.00 bits per heavy atom. The maximum atomic E-state index is 13.1. The summed E-state index contributed by atoms with van der Waals surface area (Å²) in [5.41, 5.74) is 1.61. The first-order chi connectivity index (χ1) is 15.7. The summed E-state index contributed by atoms with van der Waals surface area (Å²) in [6, 6.07) is 19.1. The molecule has 166 valence electrons. The van der Waals surface area contributed by atoms with Gasteiger partial charge in [0.15, 0.2) is 10.9 Å². The fourth-order valence-corrected chi connectivity index (χ4v) is 4.94. The molecular weight excluding hydrogens is 446 g/mol. The van der Waals surface area contributed by atoms with E-state index in [9.17, 15) is 9.59 Å². The lowest BCUT2D eigenvalue weighted by Crippen LogP contribution is -3.15. The van der Waals surface area contributed by atoms with Crippen LogP contribution < -0.4 is 15.1 Å². The lowest BCUT2D eigenvalue weighted by Gasteiger charge is -2.22. The summed E-state index contributed by atoms with van der Waals surface area (Å²) in [6.45, 7) is 3.39. The summed E-state index contributed by atoms with van der Waals surface area (Å²) in [6.07, 6.45) is 0. The van der Waals surface area contributed by atoms with Crippen LogP contribution >= 0.6 is 23.1 Å². The van der Waals surface area contributed by atoms with Gasteiger partial charge in [0.1, 0.15) is 13.1 Å². The average molecular weight is 471 g/mol. The lowest BCUT2D eigenvalue weighted by atomic mass is 10.2. The molecule has 0 atom stereocenters. The smallest absolute Gasteiger partial charge is 0.281 e. The molecule has 1 aliphatic rings. The molecule has 1 saturated heterocycles. The van der Waals surface area contributed by atoms with Crippen molar-refractivity contribution in [2.24, 2.45) is 0 Å². The third-order valence-corrected chi connectivity index (χ3v) is 6.82. The molecule has 2 heterocycles. The highest BCUT2D eigenvalue weighted by molar-refractivity contribution is 8.01. The quantitative estimate of drug-likeness (QED) is 0.386.